The Hall–Kier alpha value is -2.70. The third kappa shape index (κ3) is 3.79. The molecule has 5 nitrogen and oxygen atoms in total. The summed E-state index contributed by atoms with van der Waals surface area (Å²) in [7, 11) is -3.46. The third-order valence-corrected chi connectivity index (χ3v) is 6.99. The molecule has 6 heteroatoms. The van der Waals surface area contributed by atoms with E-state index in [0.717, 1.165) is 30.0 Å². The summed E-state index contributed by atoms with van der Waals surface area (Å²) in [6.45, 7) is 1.14. The van der Waals surface area contributed by atoms with Crippen molar-refractivity contribution in [2.24, 2.45) is 0 Å². The normalized spacial score (nSPS) is 15.4. The molecule has 1 aliphatic rings. The summed E-state index contributed by atoms with van der Waals surface area (Å²) >= 11 is 0. The Morgan fingerprint density at radius 1 is 0.821 bits per heavy atom. The second-order valence-corrected chi connectivity index (χ2v) is 8.94. The van der Waals surface area contributed by atoms with Crippen LogP contribution in [0.1, 0.15) is 29.6 Å². The number of nitrogens with one attached hydrogen (secondary N) is 1. The maximum Gasteiger partial charge on any atom is 0.255 e. The van der Waals surface area contributed by atoms with Gasteiger partial charge in [0.05, 0.1) is 4.90 Å². The summed E-state index contributed by atoms with van der Waals surface area (Å²) in [6, 6.07) is 19.8. The molecule has 1 saturated heterocycles. The number of nitrogens with zero attached hydrogens (tertiary/aromatic N) is 1. The fourth-order valence-corrected chi connectivity index (χ4v) is 5.02. The molecule has 0 bridgehead atoms. The van der Waals surface area contributed by atoms with Crippen molar-refractivity contribution in [1.29, 1.82) is 0 Å². The van der Waals surface area contributed by atoms with E-state index in [9.17, 15) is 13.2 Å². The van der Waals surface area contributed by atoms with E-state index in [1.165, 1.54) is 0 Å². The number of piperidine rings is 1. The van der Waals surface area contributed by atoms with Gasteiger partial charge in [-0.05, 0) is 60.0 Å². The van der Waals surface area contributed by atoms with Crippen LogP contribution in [-0.4, -0.2) is 31.7 Å². The maximum absolute atomic E-state index is 12.7. The van der Waals surface area contributed by atoms with E-state index in [1.54, 1.807) is 34.6 Å². The highest BCUT2D eigenvalue weighted by atomic mass is 32.2. The van der Waals surface area contributed by atoms with Crippen LogP contribution in [0.4, 0.5) is 5.69 Å². The van der Waals surface area contributed by atoms with E-state index >= 15 is 0 Å². The summed E-state index contributed by atoms with van der Waals surface area (Å²) < 4.78 is 27.0. The number of amides is 1. The van der Waals surface area contributed by atoms with E-state index in [2.05, 4.69) is 5.32 Å². The van der Waals surface area contributed by atoms with E-state index in [-0.39, 0.29) is 10.8 Å². The van der Waals surface area contributed by atoms with Gasteiger partial charge in [-0.1, -0.05) is 36.8 Å². The number of sulfonamides is 1. The molecule has 3 aromatic rings. The van der Waals surface area contributed by atoms with Crippen molar-refractivity contribution in [3.05, 3.63) is 72.3 Å². The monoisotopic (exact) mass is 394 g/mol. The molecule has 0 atom stereocenters. The van der Waals surface area contributed by atoms with Gasteiger partial charge in [0, 0.05) is 24.3 Å². The first-order valence-electron chi connectivity index (χ1n) is 9.44. The lowest BCUT2D eigenvalue weighted by Gasteiger charge is -2.25. The predicted octanol–water partition coefficient (Wildman–Crippen LogP) is 4.27. The molecule has 3 aromatic carbocycles. The Bertz CT molecular complexity index is 1100. The van der Waals surface area contributed by atoms with Crippen LogP contribution in [0, 0.1) is 0 Å². The van der Waals surface area contributed by atoms with E-state index in [1.807, 2.05) is 36.4 Å². The van der Waals surface area contributed by atoms with Crippen molar-refractivity contribution in [3.63, 3.8) is 0 Å². The third-order valence-electron chi connectivity index (χ3n) is 5.08. The lowest BCUT2D eigenvalue weighted by molar-refractivity contribution is 0.102. The number of anilines is 1. The molecule has 4 rings (SSSR count). The van der Waals surface area contributed by atoms with E-state index in [0.29, 0.717) is 24.3 Å². The predicted molar refractivity (Wildman–Crippen MR) is 111 cm³/mol. The molecule has 0 radical (unpaired) electrons. The summed E-state index contributed by atoms with van der Waals surface area (Å²) in [5.74, 6) is -0.225. The number of carbonyl (C=O) groups is 1. The Kier molecular flexibility index (Phi) is 5.15. The van der Waals surface area contributed by atoms with Gasteiger partial charge in [-0.15, -0.1) is 0 Å². The van der Waals surface area contributed by atoms with Crippen LogP contribution in [0.5, 0.6) is 0 Å². The molecule has 28 heavy (non-hydrogen) atoms. The lowest BCUT2D eigenvalue weighted by atomic mass is 10.1. The number of fused-ring (bicyclic) bond motifs is 1. The van der Waals surface area contributed by atoms with Gasteiger partial charge in [0.2, 0.25) is 10.0 Å². The van der Waals surface area contributed by atoms with Crippen LogP contribution in [0.2, 0.25) is 0 Å². The van der Waals surface area contributed by atoms with E-state index < -0.39 is 10.0 Å². The van der Waals surface area contributed by atoms with E-state index in [4.69, 9.17) is 0 Å². The summed E-state index contributed by atoms with van der Waals surface area (Å²) in [6.07, 6.45) is 2.88. The van der Waals surface area contributed by atoms with Crippen molar-refractivity contribution in [1.82, 2.24) is 4.31 Å². The Morgan fingerprint density at radius 2 is 1.50 bits per heavy atom. The molecule has 1 aliphatic heterocycles. The fourth-order valence-electron chi connectivity index (χ4n) is 3.50. The highest BCUT2D eigenvalue weighted by molar-refractivity contribution is 7.89. The standard InChI is InChI=1S/C22H22N2O3S/c25-22(19-9-8-17-6-2-3-7-18(17)16-19)23-20-10-12-21(13-11-20)28(26,27)24-14-4-1-5-15-24/h2-3,6-13,16H,1,4-5,14-15H2,(H,23,25). The molecule has 144 valence electrons. The van der Waals surface area contributed by atoms with Gasteiger partial charge in [0.25, 0.3) is 5.91 Å². The molecular weight excluding hydrogens is 372 g/mol. The SMILES string of the molecule is O=C(Nc1ccc(S(=O)(=O)N2CCCCC2)cc1)c1ccc2ccccc2c1. The Labute approximate surface area is 165 Å². The van der Waals surface area contributed by atoms with Crippen molar-refractivity contribution in [3.8, 4) is 0 Å². The second kappa shape index (κ2) is 7.73. The highest BCUT2D eigenvalue weighted by Gasteiger charge is 2.25. The zero-order chi connectivity index (χ0) is 19.6. The van der Waals surface area contributed by atoms with Gasteiger partial charge in [-0.3, -0.25) is 4.79 Å². The number of rotatable bonds is 4. The Balaban J connectivity index is 1.49. The van der Waals surface area contributed by atoms with Crippen LogP contribution >= 0.6 is 0 Å². The summed E-state index contributed by atoms with van der Waals surface area (Å²) in [5.41, 5.74) is 1.12. The van der Waals surface area contributed by atoms with Crippen molar-refractivity contribution >= 4 is 32.4 Å². The molecule has 0 saturated carbocycles. The average Bonchev–Trinajstić information content (AvgIpc) is 2.74. The van der Waals surface area contributed by atoms with Gasteiger partial charge in [-0.2, -0.15) is 4.31 Å². The smallest absolute Gasteiger partial charge is 0.255 e. The van der Waals surface area contributed by atoms with Crippen LogP contribution < -0.4 is 5.32 Å². The van der Waals surface area contributed by atoms with Crippen molar-refractivity contribution < 1.29 is 13.2 Å². The summed E-state index contributed by atoms with van der Waals surface area (Å²) in [5, 5.41) is 4.91. The summed E-state index contributed by atoms with van der Waals surface area (Å²) in [4.78, 5) is 12.8. The number of hydrogen-bond donors (Lipinski definition) is 1. The van der Waals surface area contributed by atoms with Gasteiger partial charge >= 0.3 is 0 Å². The van der Waals surface area contributed by atoms with Crippen LogP contribution in [0.15, 0.2) is 71.6 Å². The van der Waals surface area contributed by atoms with Gasteiger partial charge in [0.1, 0.15) is 0 Å². The molecule has 1 amide bonds. The first-order valence-corrected chi connectivity index (χ1v) is 10.9. The van der Waals surface area contributed by atoms with Gasteiger partial charge in [0.15, 0.2) is 0 Å². The molecule has 1 N–H and O–H groups in total. The molecule has 1 fully saturated rings. The zero-order valence-corrected chi connectivity index (χ0v) is 16.3. The second-order valence-electron chi connectivity index (χ2n) is 7.01. The largest absolute Gasteiger partial charge is 0.322 e. The number of hydrogen-bond acceptors (Lipinski definition) is 3. The quantitative estimate of drug-likeness (QED) is 0.719. The Morgan fingerprint density at radius 3 is 2.21 bits per heavy atom. The highest BCUT2D eigenvalue weighted by Crippen LogP contribution is 2.22. The fraction of sp³-hybridized carbons (Fsp3) is 0.227. The first kappa shape index (κ1) is 18.7. The first-order chi connectivity index (χ1) is 13.5. The molecule has 0 unspecified atom stereocenters. The average molecular weight is 394 g/mol. The van der Waals surface area contributed by atoms with Crippen molar-refractivity contribution in [2.75, 3.05) is 18.4 Å². The minimum Gasteiger partial charge on any atom is -0.322 e. The topological polar surface area (TPSA) is 66.5 Å². The molecular formula is C22H22N2O3S. The zero-order valence-electron chi connectivity index (χ0n) is 15.5. The van der Waals surface area contributed by atoms with Gasteiger partial charge in [-0.25, -0.2) is 8.42 Å². The minimum atomic E-state index is -3.46. The maximum atomic E-state index is 12.7. The van der Waals surface area contributed by atoms with Gasteiger partial charge < -0.3 is 5.32 Å². The number of carbonyl (C=O) groups excluding carboxylic acids is 1. The minimum absolute atomic E-state index is 0.225. The molecule has 0 aromatic heterocycles. The van der Waals surface area contributed by atoms with Crippen LogP contribution in [0.3, 0.4) is 0 Å². The molecule has 1 heterocycles. The van der Waals surface area contributed by atoms with Crippen LogP contribution in [-0.2, 0) is 10.0 Å². The van der Waals surface area contributed by atoms with Crippen molar-refractivity contribution in [2.45, 2.75) is 24.2 Å². The number of benzene rings is 3. The van der Waals surface area contributed by atoms with Crippen LogP contribution in [0.25, 0.3) is 10.8 Å². The lowest BCUT2D eigenvalue weighted by Crippen LogP contribution is -2.35. The molecule has 0 spiro atoms. The molecule has 0 aliphatic carbocycles.